The van der Waals surface area contributed by atoms with Crippen molar-refractivity contribution in [3.63, 3.8) is 0 Å². The number of benzene rings is 1. The molecule has 0 bridgehead atoms. The molecule has 0 fully saturated rings. The molecule has 3 aromatic rings. The number of carbonyl (C=O) groups excluding carboxylic acids is 1. The molecule has 0 saturated heterocycles. The van der Waals surface area contributed by atoms with Gasteiger partial charge >= 0.3 is 0 Å². The van der Waals surface area contributed by atoms with Gasteiger partial charge in [0.1, 0.15) is 17.7 Å². The van der Waals surface area contributed by atoms with E-state index >= 15 is 0 Å². The Morgan fingerprint density at radius 3 is 2.36 bits per heavy atom. The fourth-order valence-corrected chi connectivity index (χ4v) is 2.36. The number of rotatable bonds is 6. The van der Waals surface area contributed by atoms with Gasteiger partial charge in [-0.2, -0.15) is 0 Å². The molecular formula is C17H16N4O4. The second kappa shape index (κ2) is 7.00. The van der Waals surface area contributed by atoms with Gasteiger partial charge in [-0.05, 0) is 18.2 Å². The first kappa shape index (κ1) is 16.4. The van der Waals surface area contributed by atoms with Gasteiger partial charge in [-0.25, -0.2) is 15.0 Å². The summed E-state index contributed by atoms with van der Waals surface area (Å²) in [6, 6.07) is 4.87. The molecular weight excluding hydrogens is 324 g/mol. The fourth-order valence-electron chi connectivity index (χ4n) is 2.36. The topological polar surface area (TPSA) is 99.2 Å². The average molecular weight is 340 g/mol. The Hall–Kier alpha value is -3.42. The number of aromatic nitrogens is 4. The van der Waals surface area contributed by atoms with Gasteiger partial charge < -0.3 is 19.2 Å². The van der Waals surface area contributed by atoms with Crippen LogP contribution in [0.3, 0.4) is 0 Å². The number of ether oxygens (including phenoxy) is 3. The third kappa shape index (κ3) is 3.14. The zero-order valence-electron chi connectivity index (χ0n) is 13.9. The minimum Gasteiger partial charge on any atom is -0.493 e. The Balaban J connectivity index is 1.97. The van der Waals surface area contributed by atoms with Gasteiger partial charge in [0.05, 0.1) is 21.3 Å². The SMILES string of the molecule is COc1cc(C(=O)c2c[nH]c(-c3ccncn3)n2)cc(OC)c1OC. The summed E-state index contributed by atoms with van der Waals surface area (Å²) in [4.78, 5) is 28.0. The predicted molar refractivity (Wildman–Crippen MR) is 89.1 cm³/mol. The molecule has 0 amide bonds. The van der Waals surface area contributed by atoms with Crippen molar-refractivity contribution < 1.29 is 19.0 Å². The van der Waals surface area contributed by atoms with E-state index in [0.29, 0.717) is 34.3 Å². The highest BCUT2D eigenvalue weighted by Gasteiger charge is 2.20. The van der Waals surface area contributed by atoms with Gasteiger partial charge in [-0.1, -0.05) is 0 Å². The summed E-state index contributed by atoms with van der Waals surface area (Å²) in [6.45, 7) is 0. The molecule has 2 heterocycles. The number of imidazole rings is 1. The molecule has 0 spiro atoms. The highest BCUT2D eigenvalue weighted by Crippen LogP contribution is 2.38. The van der Waals surface area contributed by atoms with Crippen LogP contribution in [0.25, 0.3) is 11.5 Å². The first-order valence-corrected chi connectivity index (χ1v) is 7.34. The predicted octanol–water partition coefficient (Wildman–Crippen LogP) is 2.12. The van der Waals surface area contributed by atoms with E-state index < -0.39 is 0 Å². The third-order valence-electron chi connectivity index (χ3n) is 3.56. The van der Waals surface area contributed by atoms with E-state index in [-0.39, 0.29) is 11.5 Å². The smallest absolute Gasteiger partial charge is 0.213 e. The zero-order valence-corrected chi connectivity index (χ0v) is 13.9. The van der Waals surface area contributed by atoms with Gasteiger partial charge in [0.25, 0.3) is 0 Å². The number of aromatic amines is 1. The average Bonchev–Trinajstić information content (AvgIpc) is 3.17. The normalized spacial score (nSPS) is 10.4. The number of methoxy groups -OCH3 is 3. The van der Waals surface area contributed by atoms with Crippen LogP contribution >= 0.6 is 0 Å². The van der Waals surface area contributed by atoms with Gasteiger partial charge in [-0.3, -0.25) is 4.79 Å². The summed E-state index contributed by atoms with van der Waals surface area (Å²) < 4.78 is 15.8. The van der Waals surface area contributed by atoms with Crippen molar-refractivity contribution in [3.05, 3.63) is 48.2 Å². The van der Waals surface area contributed by atoms with Crippen LogP contribution in [-0.2, 0) is 0 Å². The highest BCUT2D eigenvalue weighted by molar-refractivity contribution is 6.08. The zero-order chi connectivity index (χ0) is 17.8. The Labute approximate surface area is 143 Å². The van der Waals surface area contributed by atoms with Gasteiger partial charge in [0.15, 0.2) is 17.3 Å². The van der Waals surface area contributed by atoms with Crippen molar-refractivity contribution in [2.75, 3.05) is 21.3 Å². The molecule has 0 aliphatic carbocycles. The largest absolute Gasteiger partial charge is 0.493 e. The van der Waals surface area contributed by atoms with Crippen molar-refractivity contribution in [3.8, 4) is 28.8 Å². The minimum atomic E-state index is -0.282. The molecule has 8 heteroatoms. The Morgan fingerprint density at radius 2 is 1.80 bits per heavy atom. The Bertz CT molecular complexity index is 868. The maximum Gasteiger partial charge on any atom is 0.213 e. The van der Waals surface area contributed by atoms with Crippen LogP contribution in [0.15, 0.2) is 36.9 Å². The molecule has 1 aromatic carbocycles. The molecule has 0 unspecified atom stereocenters. The molecule has 128 valence electrons. The van der Waals surface area contributed by atoms with Crippen LogP contribution in [-0.4, -0.2) is 47.0 Å². The van der Waals surface area contributed by atoms with Crippen LogP contribution in [0.4, 0.5) is 0 Å². The molecule has 8 nitrogen and oxygen atoms in total. The highest BCUT2D eigenvalue weighted by atomic mass is 16.5. The summed E-state index contributed by atoms with van der Waals surface area (Å²) in [5.41, 5.74) is 1.22. The van der Waals surface area contributed by atoms with Crippen LogP contribution < -0.4 is 14.2 Å². The molecule has 0 saturated carbocycles. The fraction of sp³-hybridized carbons (Fsp3) is 0.176. The summed E-state index contributed by atoms with van der Waals surface area (Å²) in [5, 5.41) is 0. The third-order valence-corrected chi connectivity index (χ3v) is 3.56. The second-order valence-electron chi connectivity index (χ2n) is 4.97. The maximum atomic E-state index is 12.8. The number of ketones is 1. The summed E-state index contributed by atoms with van der Waals surface area (Å²) >= 11 is 0. The van der Waals surface area contributed by atoms with Crippen molar-refractivity contribution in [2.24, 2.45) is 0 Å². The maximum absolute atomic E-state index is 12.8. The monoisotopic (exact) mass is 340 g/mol. The number of hydrogen-bond donors (Lipinski definition) is 1. The standard InChI is InChI=1S/C17H16N4O4/c1-23-13-6-10(7-14(24-2)16(13)25-3)15(22)12-8-19-17(21-12)11-4-5-18-9-20-11/h4-9H,1-3H3,(H,19,21). The van der Waals surface area contributed by atoms with Crippen molar-refractivity contribution >= 4 is 5.78 Å². The quantitative estimate of drug-likeness (QED) is 0.686. The van der Waals surface area contributed by atoms with E-state index in [2.05, 4.69) is 19.9 Å². The molecule has 25 heavy (non-hydrogen) atoms. The molecule has 0 aliphatic heterocycles. The first-order chi connectivity index (χ1) is 12.2. The van der Waals surface area contributed by atoms with Gasteiger partial charge in [0, 0.05) is 18.0 Å². The van der Waals surface area contributed by atoms with Crippen molar-refractivity contribution in [2.45, 2.75) is 0 Å². The number of carbonyl (C=O) groups is 1. The van der Waals surface area contributed by atoms with Crippen LogP contribution in [0, 0.1) is 0 Å². The first-order valence-electron chi connectivity index (χ1n) is 7.34. The molecule has 0 aliphatic rings. The minimum absolute atomic E-state index is 0.253. The molecule has 3 rings (SSSR count). The van der Waals surface area contributed by atoms with Crippen LogP contribution in [0.5, 0.6) is 17.2 Å². The van der Waals surface area contributed by atoms with E-state index in [4.69, 9.17) is 14.2 Å². The van der Waals surface area contributed by atoms with Crippen LogP contribution in [0.1, 0.15) is 16.1 Å². The van der Waals surface area contributed by atoms with E-state index in [1.54, 1.807) is 24.4 Å². The number of H-pyrrole nitrogens is 1. The van der Waals surface area contributed by atoms with E-state index in [1.807, 2.05) is 0 Å². The van der Waals surface area contributed by atoms with Gasteiger partial charge in [0.2, 0.25) is 11.5 Å². The van der Waals surface area contributed by atoms with E-state index in [1.165, 1.54) is 33.9 Å². The number of nitrogens with one attached hydrogen (secondary N) is 1. The summed E-state index contributed by atoms with van der Waals surface area (Å²) in [6.07, 6.45) is 4.55. The summed E-state index contributed by atoms with van der Waals surface area (Å²) in [7, 11) is 4.49. The van der Waals surface area contributed by atoms with Crippen molar-refractivity contribution in [1.82, 2.24) is 19.9 Å². The Kier molecular flexibility index (Phi) is 4.60. The Morgan fingerprint density at radius 1 is 1.08 bits per heavy atom. The molecule has 0 atom stereocenters. The van der Waals surface area contributed by atoms with Crippen molar-refractivity contribution in [1.29, 1.82) is 0 Å². The number of hydrogen-bond acceptors (Lipinski definition) is 7. The summed E-state index contributed by atoms with van der Waals surface area (Å²) in [5.74, 6) is 1.42. The van der Waals surface area contributed by atoms with Gasteiger partial charge in [-0.15, -0.1) is 0 Å². The van der Waals surface area contributed by atoms with Crippen LogP contribution in [0.2, 0.25) is 0 Å². The number of nitrogens with zero attached hydrogens (tertiary/aromatic N) is 3. The lowest BCUT2D eigenvalue weighted by Gasteiger charge is -2.13. The molecule has 0 radical (unpaired) electrons. The lowest BCUT2D eigenvalue weighted by atomic mass is 10.1. The van der Waals surface area contributed by atoms with E-state index in [9.17, 15) is 4.79 Å². The molecule has 1 N–H and O–H groups in total. The second-order valence-corrected chi connectivity index (χ2v) is 4.97. The lowest BCUT2D eigenvalue weighted by molar-refractivity contribution is 0.103. The molecule has 2 aromatic heterocycles. The lowest BCUT2D eigenvalue weighted by Crippen LogP contribution is -2.04. The van der Waals surface area contributed by atoms with E-state index in [0.717, 1.165) is 0 Å².